The van der Waals surface area contributed by atoms with Crippen molar-refractivity contribution in [1.29, 1.82) is 0 Å². The van der Waals surface area contributed by atoms with Crippen molar-refractivity contribution < 1.29 is 9.47 Å². The average molecular weight is 210 g/mol. The lowest BCUT2D eigenvalue weighted by atomic mass is 10.1. The van der Waals surface area contributed by atoms with Crippen molar-refractivity contribution in [2.45, 2.75) is 17.7 Å². The van der Waals surface area contributed by atoms with Gasteiger partial charge in [0.1, 0.15) is 0 Å². The van der Waals surface area contributed by atoms with E-state index in [1.54, 1.807) is 14.2 Å². The van der Waals surface area contributed by atoms with E-state index in [0.717, 1.165) is 17.9 Å². The van der Waals surface area contributed by atoms with Crippen LogP contribution in [0.3, 0.4) is 0 Å². The molecule has 0 aromatic heterocycles. The van der Waals surface area contributed by atoms with Crippen LogP contribution in [0.4, 0.5) is 0 Å². The third-order valence-electron chi connectivity index (χ3n) is 2.42. The first-order valence-corrected chi connectivity index (χ1v) is 5.72. The minimum absolute atomic E-state index is 0.834. The molecule has 0 bridgehead atoms. The summed E-state index contributed by atoms with van der Waals surface area (Å²) in [7, 11) is 3.38. The van der Waals surface area contributed by atoms with Crippen molar-refractivity contribution >= 4 is 11.8 Å². The van der Waals surface area contributed by atoms with Crippen LogP contribution in [0, 0.1) is 0 Å². The molecule has 1 aliphatic heterocycles. The zero-order valence-electron chi connectivity index (χ0n) is 8.50. The second-order valence-electron chi connectivity index (χ2n) is 3.24. The molecule has 3 heteroatoms. The first kappa shape index (κ1) is 9.71. The van der Waals surface area contributed by atoms with Crippen molar-refractivity contribution in [2.75, 3.05) is 20.0 Å². The fraction of sp³-hybridized carbons (Fsp3) is 0.455. The maximum Gasteiger partial charge on any atom is 0.174 e. The lowest BCUT2D eigenvalue weighted by Gasteiger charge is -2.19. The molecule has 0 radical (unpaired) electrons. The number of benzene rings is 1. The molecule has 0 fully saturated rings. The van der Waals surface area contributed by atoms with Crippen LogP contribution in [0.25, 0.3) is 0 Å². The van der Waals surface area contributed by atoms with E-state index >= 15 is 0 Å². The molecular formula is C11H14O2S. The lowest BCUT2D eigenvalue weighted by Crippen LogP contribution is -2.02. The van der Waals surface area contributed by atoms with Crippen molar-refractivity contribution in [3.05, 3.63) is 17.7 Å². The van der Waals surface area contributed by atoms with E-state index < -0.39 is 0 Å². The van der Waals surface area contributed by atoms with Crippen LogP contribution in [-0.4, -0.2) is 20.0 Å². The number of fused-ring (bicyclic) bond motifs is 1. The van der Waals surface area contributed by atoms with E-state index in [2.05, 4.69) is 6.07 Å². The second kappa shape index (κ2) is 4.13. The van der Waals surface area contributed by atoms with Crippen molar-refractivity contribution in [1.82, 2.24) is 0 Å². The molecule has 0 saturated heterocycles. The Morgan fingerprint density at radius 3 is 2.79 bits per heavy atom. The number of methoxy groups -OCH3 is 2. The average Bonchev–Trinajstić information content (AvgIpc) is 2.27. The standard InChI is InChI=1S/C11H14O2S/c1-12-9-6-5-8-4-3-7-14-11(8)10(9)13-2/h5-6H,3-4,7H2,1-2H3. The molecule has 0 amide bonds. The molecule has 1 heterocycles. The van der Waals surface area contributed by atoms with Gasteiger partial charge < -0.3 is 9.47 Å². The van der Waals surface area contributed by atoms with Gasteiger partial charge in [0.25, 0.3) is 0 Å². The Hall–Kier alpha value is -0.830. The number of ether oxygens (including phenoxy) is 2. The zero-order valence-corrected chi connectivity index (χ0v) is 9.32. The highest BCUT2D eigenvalue weighted by Crippen LogP contribution is 2.42. The first-order valence-electron chi connectivity index (χ1n) is 4.73. The quantitative estimate of drug-likeness (QED) is 0.747. The summed E-state index contributed by atoms with van der Waals surface area (Å²) < 4.78 is 10.7. The van der Waals surface area contributed by atoms with E-state index in [1.807, 2.05) is 17.8 Å². The minimum Gasteiger partial charge on any atom is -0.493 e. The monoisotopic (exact) mass is 210 g/mol. The summed E-state index contributed by atoms with van der Waals surface area (Å²) in [5.74, 6) is 2.91. The van der Waals surface area contributed by atoms with Crippen LogP contribution in [-0.2, 0) is 6.42 Å². The Kier molecular flexibility index (Phi) is 2.87. The molecule has 2 nitrogen and oxygen atoms in total. The molecule has 1 aliphatic rings. The SMILES string of the molecule is COc1ccc2c(c1OC)SCCC2. The number of hydrogen-bond acceptors (Lipinski definition) is 3. The molecule has 0 aliphatic carbocycles. The molecule has 2 rings (SSSR count). The Bertz CT molecular complexity index is 321. The summed E-state index contributed by atoms with van der Waals surface area (Å²) >= 11 is 1.86. The molecule has 76 valence electrons. The van der Waals surface area contributed by atoms with Gasteiger partial charge in [-0.15, -0.1) is 11.8 Å². The molecule has 0 spiro atoms. The highest BCUT2D eigenvalue weighted by Gasteiger charge is 2.17. The molecule has 14 heavy (non-hydrogen) atoms. The van der Waals surface area contributed by atoms with E-state index in [4.69, 9.17) is 9.47 Å². The van der Waals surface area contributed by atoms with Crippen LogP contribution in [0.2, 0.25) is 0 Å². The highest BCUT2D eigenvalue weighted by atomic mass is 32.2. The van der Waals surface area contributed by atoms with Gasteiger partial charge in [0.05, 0.1) is 19.1 Å². The third kappa shape index (κ3) is 1.57. The van der Waals surface area contributed by atoms with Gasteiger partial charge in [0, 0.05) is 0 Å². The zero-order chi connectivity index (χ0) is 9.97. The Balaban J connectivity index is 2.50. The molecule has 0 N–H and O–H groups in total. The summed E-state index contributed by atoms with van der Waals surface area (Å²) in [6.07, 6.45) is 2.41. The summed E-state index contributed by atoms with van der Waals surface area (Å²) in [5.41, 5.74) is 1.39. The smallest absolute Gasteiger partial charge is 0.174 e. The summed E-state index contributed by atoms with van der Waals surface area (Å²) in [6, 6.07) is 4.13. The van der Waals surface area contributed by atoms with Gasteiger partial charge in [0.15, 0.2) is 11.5 Å². The third-order valence-corrected chi connectivity index (χ3v) is 3.65. The molecule has 0 atom stereocenters. The maximum atomic E-state index is 5.39. The molecule has 1 aromatic carbocycles. The second-order valence-corrected chi connectivity index (χ2v) is 4.35. The number of thioether (sulfide) groups is 1. The Morgan fingerprint density at radius 1 is 1.21 bits per heavy atom. The van der Waals surface area contributed by atoms with Crippen molar-refractivity contribution in [3.8, 4) is 11.5 Å². The molecule has 1 aromatic rings. The van der Waals surface area contributed by atoms with E-state index in [9.17, 15) is 0 Å². The van der Waals surface area contributed by atoms with E-state index in [1.165, 1.54) is 22.6 Å². The fourth-order valence-electron chi connectivity index (χ4n) is 1.73. The largest absolute Gasteiger partial charge is 0.493 e. The summed E-state index contributed by atoms with van der Waals surface area (Å²) in [4.78, 5) is 1.26. The summed E-state index contributed by atoms with van der Waals surface area (Å²) in [5, 5.41) is 0. The van der Waals surface area contributed by atoms with E-state index in [0.29, 0.717) is 0 Å². The van der Waals surface area contributed by atoms with Crippen molar-refractivity contribution in [2.24, 2.45) is 0 Å². The first-order chi connectivity index (χ1) is 6.86. The number of hydrogen-bond donors (Lipinski definition) is 0. The van der Waals surface area contributed by atoms with Gasteiger partial charge in [0.2, 0.25) is 0 Å². The van der Waals surface area contributed by atoms with Crippen molar-refractivity contribution in [3.63, 3.8) is 0 Å². The van der Waals surface area contributed by atoms with Crippen LogP contribution in [0.15, 0.2) is 17.0 Å². The van der Waals surface area contributed by atoms with Gasteiger partial charge >= 0.3 is 0 Å². The van der Waals surface area contributed by atoms with Crippen LogP contribution in [0.1, 0.15) is 12.0 Å². The van der Waals surface area contributed by atoms with Gasteiger partial charge in [-0.25, -0.2) is 0 Å². The van der Waals surface area contributed by atoms with Crippen LogP contribution < -0.4 is 9.47 Å². The van der Waals surface area contributed by atoms with Gasteiger partial charge in [-0.05, 0) is 30.2 Å². The summed E-state index contributed by atoms with van der Waals surface area (Å²) in [6.45, 7) is 0. The predicted molar refractivity (Wildman–Crippen MR) is 58.6 cm³/mol. The number of rotatable bonds is 2. The normalized spacial score (nSPS) is 14.7. The van der Waals surface area contributed by atoms with Crippen LogP contribution >= 0.6 is 11.8 Å². The number of aryl methyl sites for hydroxylation is 1. The predicted octanol–water partition coefficient (Wildman–Crippen LogP) is 2.74. The molecular weight excluding hydrogens is 196 g/mol. The maximum absolute atomic E-state index is 5.39. The molecule has 0 saturated carbocycles. The van der Waals surface area contributed by atoms with E-state index in [-0.39, 0.29) is 0 Å². The Morgan fingerprint density at radius 2 is 2.07 bits per heavy atom. The fourth-order valence-corrected chi connectivity index (χ4v) is 2.89. The lowest BCUT2D eigenvalue weighted by molar-refractivity contribution is 0.347. The van der Waals surface area contributed by atoms with Gasteiger partial charge in [-0.1, -0.05) is 6.07 Å². The Labute approximate surface area is 88.6 Å². The van der Waals surface area contributed by atoms with Crippen LogP contribution in [0.5, 0.6) is 11.5 Å². The molecule has 0 unspecified atom stereocenters. The highest BCUT2D eigenvalue weighted by molar-refractivity contribution is 7.99. The van der Waals surface area contributed by atoms with Gasteiger partial charge in [-0.2, -0.15) is 0 Å². The van der Waals surface area contributed by atoms with Gasteiger partial charge in [-0.3, -0.25) is 0 Å². The minimum atomic E-state index is 0.834. The topological polar surface area (TPSA) is 18.5 Å².